The summed E-state index contributed by atoms with van der Waals surface area (Å²) in [6.45, 7) is 7.24. The SMILES string of the molecule is CC[C@H](C)[C@@H](NC(=O)OCc1ccccc1)C(=O)Oc1cc2oc(=O)c(C)c(C)c2cc1Cl. The van der Waals surface area contributed by atoms with E-state index in [2.05, 4.69) is 5.32 Å². The van der Waals surface area contributed by atoms with Crippen LogP contribution in [0.2, 0.25) is 5.02 Å². The molecule has 1 heterocycles. The minimum atomic E-state index is -0.961. The molecule has 1 amide bonds. The van der Waals surface area contributed by atoms with Crippen LogP contribution in [0.5, 0.6) is 5.75 Å². The fourth-order valence-electron chi connectivity index (χ4n) is 3.25. The lowest BCUT2D eigenvalue weighted by molar-refractivity contribution is -0.138. The summed E-state index contributed by atoms with van der Waals surface area (Å²) in [6, 6.07) is 11.2. The molecule has 2 atom stereocenters. The van der Waals surface area contributed by atoms with Crippen LogP contribution < -0.4 is 15.7 Å². The summed E-state index contributed by atoms with van der Waals surface area (Å²) in [4.78, 5) is 37.3. The maximum atomic E-state index is 13.0. The number of aryl methyl sites for hydroxylation is 1. The summed E-state index contributed by atoms with van der Waals surface area (Å²) < 4.78 is 16.1. The molecule has 174 valence electrons. The zero-order valence-corrected chi connectivity index (χ0v) is 19.7. The summed E-state index contributed by atoms with van der Waals surface area (Å²) >= 11 is 6.34. The van der Waals surface area contributed by atoms with E-state index in [1.54, 1.807) is 19.9 Å². The summed E-state index contributed by atoms with van der Waals surface area (Å²) in [5.41, 5.74) is 1.83. The maximum absolute atomic E-state index is 13.0. The molecule has 0 unspecified atom stereocenters. The summed E-state index contributed by atoms with van der Waals surface area (Å²) in [7, 11) is 0. The first-order valence-electron chi connectivity index (χ1n) is 10.6. The van der Waals surface area contributed by atoms with Crippen LogP contribution >= 0.6 is 11.6 Å². The Hall–Kier alpha value is -3.32. The summed E-state index contributed by atoms with van der Waals surface area (Å²) in [6.07, 6.45) is -0.125. The van der Waals surface area contributed by atoms with Gasteiger partial charge in [0.05, 0.1) is 5.02 Å². The molecule has 0 aliphatic carbocycles. The molecule has 0 saturated carbocycles. The number of amides is 1. The van der Waals surface area contributed by atoms with Crippen molar-refractivity contribution in [2.75, 3.05) is 0 Å². The van der Waals surface area contributed by atoms with Crippen LogP contribution in [0.25, 0.3) is 11.0 Å². The third-order valence-electron chi connectivity index (χ3n) is 5.67. The van der Waals surface area contributed by atoms with Crippen LogP contribution in [0.3, 0.4) is 0 Å². The van der Waals surface area contributed by atoms with Crippen molar-refractivity contribution in [3.8, 4) is 5.75 Å². The molecule has 0 aliphatic heterocycles. The highest BCUT2D eigenvalue weighted by Crippen LogP contribution is 2.32. The average Bonchev–Trinajstić information content (AvgIpc) is 2.81. The number of nitrogens with one attached hydrogen (secondary N) is 1. The number of hydrogen-bond donors (Lipinski definition) is 1. The minimum absolute atomic E-state index is 0.0355. The number of esters is 1. The van der Waals surface area contributed by atoms with Crippen molar-refractivity contribution in [2.24, 2.45) is 5.92 Å². The van der Waals surface area contributed by atoms with E-state index in [0.717, 1.165) is 11.1 Å². The van der Waals surface area contributed by atoms with Crippen molar-refractivity contribution in [2.45, 2.75) is 46.8 Å². The highest BCUT2D eigenvalue weighted by Gasteiger charge is 2.29. The quantitative estimate of drug-likeness (QED) is 0.285. The first-order valence-corrected chi connectivity index (χ1v) is 11.0. The van der Waals surface area contributed by atoms with Gasteiger partial charge in [0.25, 0.3) is 0 Å². The van der Waals surface area contributed by atoms with Crippen molar-refractivity contribution in [3.05, 3.63) is 74.6 Å². The number of ether oxygens (including phenoxy) is 2. The third-order valence-corrected chi connectivity index (χ3v) is 5.97. The lowest BCUT2D eigenvalue weighted by Crippen LogP contribution is -2.47. The van der Waals surface area contributed by atoms with Gasteiger partial charge in [0, 0.05) is 17.0 Å². The third kappa shape index (κ3) is 5.73. The zero-order valence-electron chi connectivity index (χ0n) is 18.9. The number of hydrogen-bond acceptors (Lipinski definition) is 6. The Morgan fingerprint density at radius 1 is 1.12 bits per heavy atom. The van der Waals surface area contributed by atoms with Gasteiger partial charge in [-0.2, -0.15) is 0 Å². The average molecular weight is 472 g/mol. The second-order valence-corrected chi connectivity index (χ2v) is 8.32. The van der Waals surface area contributed by atoms with Gasteiger partial charge < -0.3 is 19.2 Å². The zero-order chi connectivity index (χ0) is 24.1. The smallest absolute Gasteiger partial charge is 0.408 e. The molecule has 0 radical (unpaired) electrons. The van der Waals surface area contributed by atoms with Gasteiger partial charge in [-0.3, -0.25) is 0 Å². The van der Waals surface area contributed by atoms with E-state index in [-0.39, 0.29) is 28.9 Å². The molecule has 1 aromatic heterocycles. The summed E-state index contributed by atoms with van der Waals surface area (Å²) in [5, 5.41) is 3.42. The molecule has 1 N–H and O–H groups in total. The van der Waals surface area contributed by atoms with Crippen molar-refractivity contribution >= 4 is 34.6 Å². The normalized spacial score (nSPS) is 12.8. The molecule has 0 fully saturated rings. The van der Waals surface area contributed by atoms with Crippen LogP contribution in [-0.2, 0) is 16.1 Å². The van der Waals surface area contributed by atoms with Crippen molar-refractivity contribution in [3.63, 3.8) is 0 Å². The fourth-order valence-corrected chi connectivity index (χ4v) is 3.46. The molecule has 0 aliphatic rings. The van der Waals surface area contributed by atoms with E-state index < -0.39 is 23.7 Å². The Morgan fingerprint density at radius 3 is 2.48 bits per heavy atom. The highest BCUT2D eigenvalue weighted by molar-refractivity contribution is 6.33. The lowest BCUT2D eigenvalue weighted by Gasteiger charge is -2.22. The lowest BCUT2D eigenvalue weighted by atomic mass is 9.99. The molecular formula is C25H26ClNO6. The van der Waals surface area contributed by atoms with Crippen molar-refractivity contribution in [1.82, 2.24) is 5.32 Å². The Bertz CT molecular complexity index is 1220. The number of halogens is 1. The number of fused-ring (bicyclic) bond motifs is 1. The van der Waals surface area contributed by atoms with Crippen LogP contribution in [0.15, 0.2) is 51.7 Å². The Kier molecular flexibility index (Phi) is 7.76. The second-order valence-electron chi connectivity index (χ2n) is 7.91. The molecule has 3 aromatic rings. The van der Waals surface area contributed by atoms with E-state index in [1.807, 2.05) is 44.2 Å². The van der Waals surface area contributed by atoms with E-state index in [0.29, 0.717) is 17.4 Å². The first-order chi connectivity index (χ1) is 15.7. The standard InChI is InChI=1S/C25H26ClNO6/c1-5-14(2)22(27-25(30)31-13-17-9-7-6-8-10-17)24(29)33-21-12-20-18(11-19(21)26)15(3)16(4)23(28)32-20/h6-12,14,22H,5,13H2,1-4H3,(H,27,30)/t14-,22+/m0/s1. The van der Waals surface area contributed by atoms with Gasteiger partial charge in [-0.25, -0.2) is 14.4 Å². The molecular weight excluding hydrogens is 446 g/mol. The van der Waals surface area contributed by atoms with Crippen molar-refractivity contribution < 1.29 is 23.5 Å². The van der Waals surface area contributed by atoms with Gasteiger partial charge in [0.2, 0.25) is 0 Å². The van der Waals surface area contributed by atoms with Crippen LogP contribution in [0, 0.1) is 19.8 Å². The molecule has 7 nitrogen and oxygen atoms in total. The Labute approximate surface area is 196 Å². The fraction of sp³-hybridized carbons (Fsp3) is 0.320. The summed E-state index contributed by atoms with van der Waals surface area (Å²) in [5.74, 6) is -0.898. The Balaban J connectivity index is 1.77. The van der Waals surface area contributed by atoms with Crippen LogP contribution in [-0.4, -0.2) is 18.1 Å². The number of alkyl carbamates (subject to hydrolysis) is 1. The molecule has 0 spiro atoms. The van der Waals surface area contributed by atoms with E-state index in [1.165, 1.54) is 6.07 Å². The highest BCUT2D eigenvalue weighted by atomic mass is 35.5. The molecule has 8 heteroatoms. The molecule has 33 heavy (non-hydrogen) atoms. The van der Waals surface area contributed by atoms with Crippen LogP contribution in [0.4, 0.5) is 4.79 Å². The van der Waals surface area contributed by atoms with Crippen molar-refractivity contribution in [1.29, 1.82) is 0 Å². The van der Waals surface area contributed by atoms with E-state index in [9.17, 15) is 14.4 Å². The van der Waals surface area contributed by atoms with Gasteiger partial charge in [0.15, 0.2) is 5.75 Å². The minimum Gasteiger partial charge on any atom is -0.445 e. The predicted octanol–water partition coefficient (Wildman–Crippen LogP) is 5.31. The monoisotopic (exact) mass is 471 g/mol. The molecule has 3 rings (SSSR count). The first kappa shape index (κ1) is 24.3. The van der Waals surface area contributed by atoms with Gasteiger partial charge in [-0.05, 0) is 37.0 Å². The molecule has 0 saturated heterocycles. The predicted molar refractivity (Wildman–Crippen MR) is 126 cm³/mol. The van der Waals surface area contributed by atoms with Gasteiger partial charge in [-0.15, -0.1) is 0 Å². The van der Waals surface area contributed by atoms with Crippen LogP contribution in [0.1, 0.15) is 37.0 Å². The second kappa shape index (κ2) is 10.5. The number of carbonyl (C=O) groups is 2. The largest absolute Gasteiger partial charge is 0.445 e. The number of benzene rings is 2. The topological polar surface area (TPSA) is 94.8 Å². The van der Waals surface area contributed by atoms with Gasteiger partial charge in [0.1, 0.15) is 18.2 Å². The maximum Gasteiger partial charge on any atom is 0.408 e. The number of carbonyl (C=O) groups excluding carboxylic acids is 2. The van der Waals surface area contributed by atoms with Gasteiger partial charge in [-0.1, -0.05) is 62.2 Å². The van der Waals surface area contributed by atoms with E-state index >= 15 is 0 Å². The Morgan fingerprint density at radius 2 is 1.82 bits per heavy atom. The van der Waals surface area contributed by atoms with Gasteiger partial charge >= 0.3 is 17.7 Å². The molecule has 2 aromatic carbocycles. The van der Waals surface area contributed by atoms with E-state index in [4.69, 9.17) is 25.5 Å². The number of rotatable bonds is 7. The molecule has 0 bridgehead atoms.